The molecule has 0 atom stereocenters. The highest BCUT2D eigenvalue weighted by Gasteiger charge is 2.24. The van der Waals surface area contributed by atoms with Gasteiger partial charge in [-0.1, -0.05) is 265 Å². The van der Waals surface area contributed by atoms with Crippen molar-refractivity contribution in [2.24, 2.45) is 0 Å². The molecule has 0 heterocycles. The van der Waals surface area contributed by atoms with Crippen molar-refractivity contribution in [3.8, 4) is 66.8 Å². The Balaban J connectivity index is 0.858. The standard InChI is InChI=1S/C94H68N2/c1-61-29-45-74(46-30-61)95(75-47-31-62(2)32-48-75)78-53-41-67(42-54-78)91-82-21-9-13-25-86(82)93(87-26-14-10-22-83(87)91)72-58-71(65-37-39-66(40-38-65)90-80-19-7-5-17-69(80)57-70-18-6-8-20-81(70)90)59-73(60-72)94-88-27-15-11-23-84(88)92(85-24-12-16-28-89(85)94)68-43-55-79(56-44-68)96(76-49-33-63(3)34-50-76)77-51-35-64(4)36-52-77/h5-60H,1-4H3. The Bertz CT molecular complexity index is 5270. The molecule has 0 aromatic heterocycles. The molecule has 0 N–H and O–H groups in total. The molecule has 454 valence electrons. The molecule has 2 heteroatoms. The number of rotatable bonds is 12. The quantitative estimate of drug-likeness (QED) is 0.113. The van der Waals surface area contributed by atoms with E-state index in [4.69, 9.17) is 0 Å². The van der Waals surface area contributed by atoms with Crippen molar-refractivity contribution < 1.29 is 0 Å². The summed E-state index contributed by atoms with van der Waals surface area (Å²) in [7, 11) is 0. The Morgan fingerprint density at radius 3 is 0.635 bits per heavy atom. The molecule has 2 nitrogen and oxygen atoms in total. The normalized spacial score (nSPS) is 11.5. The summed E-state index contributed by atoms with van der Waals surface area (Å²) in [5, 5.41) is 14.6. The predicted molar refractivity (Wildman–Crippen MR) is 412 cm³/mol. The van der Waals surface area contributed by atoms with Gasteiger partial charge in [-0.2, -0.15) is 0 Å². The van der Waals surface area contributed by atoms with Crippen LogP contribution in [0.4, 0.5) is 34.1 Å². The zero-order chi connectivity index (χ0) is 64.4. The number of hydrogen-bond donors (Lipinski definition) is 0. The van der Waals surface area contributed by atoms with Crippen LogP contribution < -0.4 is 9.80 Å². The third-order valence-electron chi connectivity index (χ3n) is 19.6. The molecule has 0 saturated heterocycles. The van der Waals surface area contributed by atoms with Gasteiger partial charge in [0.05, 0.1) is 0 Å². The van der Waals surface area contributed by atoms with Gasteiger partial charge in [0, 0.05) is 34.1 Å². The topological polar surface area (TPSA) is 6.48 Å². The zero-order valence-electron chi connectivity index (χ0n) is 54.2. The smallest absolute Gasteiger partial charge is 0.0462 e. The van der Waals surface area contributed by atoms with E-state index in [0.29, 0.717) is 0 Å². The van der Waals surface area contributed by atoms with Crippen LogP contribution in [0.1, 0.15) is 22.3 Å². The SMILES string of the molecule is Cc1ccc(N(c2ccc(C)cc2)c2ccc(-c3c4ccccc4c(-c4cc(-c5ccc(-c6c7ccccc7cc7ccccc67)cc5)cc(-c5c6ccccc6c(-c6ccc(N(c7ccc(C)cc7)c7ccc(C)cc7)cc6)c6ccccc56)c4)c4ccccc34)cc2)cc1. The van der Waals surface area contributed by atoms with Crippen LogP contribution in [0.15, 0.2) is 340 Å². The van der Waals surface area contributed by atoms with Gasteiger partial charge in [0.15, 0.2) is 0 Å². The highest BCUT2D eigenvalue weighted by molar-refractivity contribution is 6.24. The highest BCUT2D eigenvalue weighted by atomic mass is 15.1. The van der Waals surface area contributed by atoms with Crippen molar-refractivity contribution in [1.29, 1.82) is 0 Å². The van der Waals surface area contributed by atoms with Gasteiger partial charge < -0.3 is 9.80 Å². The lowest BCUT2D eigenvalue weighted by Gasteiger charge is -2.26. The summed E-state index contributed by atoms with van der Waals surface area (Å²) in [6, 6.07) is 127. The lowest BCUT2D eigenvalue weighted by atomic mass is 9.82. The minimum atomic E-state index is 1.10. The van der Waals surface area contributed by atoms with Crippen molar-refractivity contribution in [2.75, 3.05) is 9.80 Å². The Kier molecular flexibility index (Phi) is 14.5. The molecule has 0 unspecified atom stereocenters. The number of nitrogens with zero attached hydrogens (tertiary/aromatic N) is 2. The minimum Gasteiger partial charge on any atom is -0.311 e. The molecule has 0 fully saturated rings. The first-order valence-electron chi connectivity index (χ1n) is 33.4. The maximum atomic E-state index is 2.49. The van der Waals surface area contributed by atoms with Crippen molar-refractivity contribution in [2.45, 2.75) is 27.7 Å². The molecule has 17 rings (SSSR count). The molecule has 17 aromatic carbocycles. The average Bonchev–Trinajstić information content (AvgIpc) is 0.735. The first kappa shape index (κ1) is 57.8. The zero-order valence-corrected chi connectivity index (χ0v) is 54.2. The lowest BCUT2D eigenvalue weighted by Crippen LogP contribution is -2.09. The molecule has 0 radical (unpaired) electrons. The summed E-state index contributed by atoms with van der Waals surface area (Å²) in [4.78, 5) is 4.72. The molecule has 96 heavy (non-hydrogen) atoms. The average molecular weight is 1230 g/mol. The van der Waals surface area contributed by atoms with E-state index in [2.05, 4.69) is 377 Å². The van der Waals surface area contributed by atoms with Crippen molar-refractivity contribution >= 4 is 98.8 Å². The second-order valence-electron chi connectivity index (χ2n) is 25.9. The molecule has 0 saturated carbocycles. The monoisotopic (exact) mass is 1220 g/mol. The van der Waals surface area contributed by atoms with Gasteiger partial charge in [-0.3, -0.25) is 0 Å². The van der Waals surface area contributed by atoms with E-state index in [9.17, 15) is 0 Å². The van der Waals surface area contributed by atoms with E-state index in [0.717, 1.165) is 56.4 Å². The van der Waals surface area contributed by atoms with E-state index in [1.165, 1.54) is 131 Å². The van der Waals surface area contributed by atoms with Gasteiger partial charge in [-0.15, -0.1) is 0 Å². The fraction of sp³-hybridized carbons (Fsp3) is 0.0426. The third kappa shape index (κ3) is 10.3. The Hall–Kier alpha value is -12.1. The first-order chi connectivity index (χ1) is 47.2. The van der Waals surface area contributed by atoms with Crippen LogP contribution in [0.5, 0.6) is 0 Å². The Morgan fingerprint density at radius 2 is 0.354 bits per heavy atom. The summed E-state index contributed by atoms with van der Waals surface area (Å²) in [5.74, 6) is 0. The van der Waals surface area contributed by atoms with Gasteiger partial charge in [0.1, 0.15) is 0 Å². The third-order valence-corrected chi connectivity index (χ3v) is 19.6. The fourth-order valence-corrected chi connectivity index (χ4v) is 15.0. The first-order valence-corrected chi connectivity index (χ1v) is 33.4. The van der Waals surface area contributed by atoms with E-state index in [1.54, 1.807) is 0 Å². The highest BCUT2D eigenvalue weighted by Crippen LogP contribution is 2.50. The van der Waals surface area contributed by atoms with Gasteiger partial charge >= 0.3 is 0 Å². The van der Waals surface area contributed by atoms with E-state index < -0.39 is 0 Å². The van der Waals surface area contributed by atoms with Crippen LogP contribution >= 0.6 is 0 Å². The van der Waals surface area contributed by atoms with E-state index in [-0.39, 0.29) is 0 Å². The number of hydrogen-bond acceptors (Lipinski definition) is 2. The molecule has 0 aliphatic heterocycles. The van der Waals surface area contributed by atoms with Crippen LogP contribution in [-0.4, -0.2) is 0 Å². The van der Waals surface area contributed by atoms with E-state index in [1.807, 2.05) is 0 Å². The summed E-state index contributed by atoms with van der Waals surface area (Å²) in [6.45, 7) is 8.59. The predicted octanol–water partition coefficient (Wildman–Crippen LogP) is 26.8. The second-order valence-corrected chi connectivity index (χ2v) is 25.9. The Labute approximate surface area is 561 Å². The summed E-state index contributed by atoms with van der Waals surface area (Å²) >= 11 is 0. The number of benzene rings is 17. The molecular weight excluding hydrogens is 1160 g/mol. The van der Waals surface area contributed by atoms with Crippen LogP contribution in [-0.2, 0) is 0 Å². The number of anilines is 6. The minimum absolute atomic E-state index is 1.10. The molecule has 0 aliphatic rings. The van der Waals surface area contributed by atoms with Gasteiger partial charge in [-0.05, 0) is 256 Å². The van der Waals surface area contributed by atoms with Gasteiger partial charge in [0.2, 0.25) is 0 Å². The van der Waals surface area contributed by atoms with Gasteiger partial charge in [-0.25, -0.2) is 0 Å². The molecule has 17 aromatic rings. The van der Waals surface area contributed by atoms with Crippen molar-refractivity contribution in [3.05, 3.63) is 362 Å². The Morgan fingerprint density at radius 1 is 0.156 bits per heavy atom. The van der Waals surface area contributed by atoms with Crippen LogP contribution in [0.2, 0.25) is 0 Å². The van der Waals surface area contributed by atoms with Crippen LogP contribution in [0, 0.1) is 27.7 Å². The van der Waals surface area contributed by atoms with Crippen molar-refractivity contribution in [1.82, 2.24) is 0 Å². The lowest BCUT2D eigenvalue weighted by molar-refractivity contribution is 1.27. The largest absolute Gasteiger partial charge is 0.311 e. The fourth-order valence-electron chi connectivity index (χ4n) is 15.0. The van der Waals surface area contributed by atoms with Crippen LogP contribution in [0.25, 0.3) is 131 Å². The molecule has 0 aliphatic carbocycles. The molecule has 0 bridgehead atoms. The maximum Gasteiger partial charge on any atom is 0.0462 e. The maximum absolute atomic E-state index is 2.49. The summed E-state index contributed by atoms with van der Waals surface area (Å²) < 4.78 is 0. The van der Waals surface area contributed by atoms with E-state index >= 15 is 0 Å². The molecule has 0 amide bonds. The van der Waals surface area contributed by atoms with Crippen molar-refractivity contribution in [3.63, 3.8) is 0 Å². The summed E-state index contributed by atoms with van der Waals surface area (Å²) in [6.07, 6.45) is 0. The number of aryl methyl sites for hydroxylation is 4. The van der Waals surface area contributed by atoms with Gasteiger partial charge in [0.25, 0.3) is 0 Å². The second kappa shape index (κ2) is 24.1. The summed E-state index contributed by atoms with van der Waals surface area (Å²) in [5.41, 5.74) is 25.9. The van der Waals surface area contributed by atoms with Crippen LogP contribution in [0.3, 0.4) is 0 Å². The molecular formula is C94H68N2. The number of fused-ring (bicyclic) bond motifs is 6. The molecule has 0 spiro atoms.